The van der Waals surface area contributed by atoms with Gasteiger partial charge in [-0.1, -0.05) is 13.0 Å². The van der Waals surface area contributed by atoms with E-state index in [1.807, 2.05) is 13.0 Å². The summed E-state index contributed by atoms with van der Waals surface area (Å²) >= 11 is 0. The maximum absolute atomic E-state index is 10.8. The first-order valence-corrected chi connectivity index (χ1v) is 5.62. The van der Waals surface area contributed by atoms with E-state index in [-0.39, 0.29) is 11.4 Å². The lowest BCUT2D eigenvalue weighted by atomic mass is 10.2. The van der Waals surface area contributed by atoms with Crippen LogP contribution < -0.4 is 10.1 Å². The summed E-state index contributed by atoms with van der Waals surface area (Å²) in [4.78, 5) is 10.3. The highest BCUT2D eigenvalue weighted by molar-refractivity contribution is 5.48. The Morgan fingerprint density at radius 2 is 2.33 bits per heavy atom. The maximum atomic E-state index is 10.8. The van der Waals surface area contributed by atoms with Crippen molar-refractivity contribution in [2.24, 2.45) is 0 Å². The standard InChI is InChI=1S/C12H15N3O3/c1-3-14-8-10-4-5-11(15(16)17)12(6-10)18-9(2)7-13/h4-6,9,14H,3,8H2,1-2H3. The Hall–Kier alpha value is -2.13. The average molecular weight is 249 g/mol. The van der Waals surface area contributed by atoms with Gasteiger partial charge in [0.2, 0.25) is 0 Å². The minimum Gasteiger partial charge on any atom is -0.469 e. The van der Waals surface area contributed by atoms with Crippen molar-refractivity contribution in [1.29, 1.82) is 5.26 Å². The molecule has 0 fully saturated rings. The van der Waals surface area contributed by atoms with Crippen molar-refractivity contribution in [2.45, 2.75) is 26.5 Å². The SMILES string of the molecule is CCNCc1ccc([N+](=O)[O-])c(OC(C)C#N)c1. The third-order valence-corrected chi connectivity index (χ3v) is 2.29. The van der Waals surface area contributed by atoms with E-state index < -0.39 is 11.0 Å². The van der Waals surface area contributed by atoms with Gasteiger partial charge in [0.15, 0.2) is 11.9 Å². The second-order valence-corrected chi connectivity index (χ2v) is 3.73. The molecule has 1 unspecified atom stereocenters. The van der Waals surface area contributed by atoms with Gasteiger partial charge in [0, 0.05) is 12.6 Å². The van der Waals surface area contributed by atoms with Crippen LogP contribution in [0.2, 0.25) is 0 Å². The molecule has 0 saturated carbocycles. The molecule has 0 saturated heterocycles. The number of hydrogen-bond acceptors (Lipinski definition) is 5. The van der Waals surface area contributed by atoms with Crippen LogP contribution in [0.15, 0.2) is 18.2 Å². The summed E-state index contributed by atoms with van der Waals surface area (Å²) in [5, 5.41) is 22.6. The molecule has 6 nitrogen and oxygen atoms in total. The Labute approximate surface area is 105 Å². The van der Waals surface area contributed by atoms with Gasteiger partial charge in [0.25, 0.3) is 0 Å². The zero-order valence-electron chi connectivity index (χ0n) is 10.3. The molecule has 0 amide bonds. The minimum atomic E-state index is -0.724. The highest BCUT2D eigenvalue weighted by Crippen LogP contribution is 2.28. The Morgan fingerprint density at radius 3 is 2.89 bits per heavy atom. The number of hydrogen-bond donors (Lipinski definition) is 1. The van der Waals surface area contributed by atoms with E-state index in [0.717, 1.165) is 12.1 Å². The largest absolute Gasteiger partial charge is 0.469 e. The Kier molecular flexibility index (Phi) is 5.08. The van der Waals surface area contributed by atoms with Crippen molar-refractivity contribution in [3.05, 3.63) is 33.9 Å². The summed E-state index contributed by atoms with van der Waals surface area (Å²) in [5.41, 5.74) is 0.750. The second-order valence-electron chi connectivity index (χ2n) is 3.73. The van der Waals surface area contributed by atoms with Gasteiger partial charge in [-0.2, -0.15) is 5.26 Å². The number of nitro groups is 1. The Morgan fingerprint density at radius 1 is 1.61 bits per heavy atom. The summed E-state index contributed by atoms with van der Waals surface area (Å²) < 4.78 is 5.25. The van der Waals surface area contributed by atoms with Crippen molar-refractivity contribution in [3.63, 3.8) is 0 Å². The molecule has 1 N–H and O–H groups in total. The summed E-state index contributed by atoms with van der Waals surface area (Å²) in [7, 11) is 0. The van der Waals surface area contributed by atoms with Crippen molar-refractivity contribution in [1.82, 2.24) is 5.32 Å². The van der Waals surface area contributed by atoms with Gasteiger partial charge in [-0.05, 0) is 25.1 Å². The van der Waals surface area contributed by atoms with Crippen LogP contribution in [0.4, 0.5) is 5.69 Å². The number of benzene rings is 1. The molecule has 6 heteroatoms. The number of nitriles is 1. The highest BCUT2D eigenvalue weighted by Gasteiger charge is 2.17. The molecule has 1 atom stereocenters. The third kappa shape index (κ3) is 3.71. The first-order chi connectivity index (χ1) is 8.58. The van der Waals surface area contributed by atoms with Gasteiger partial charge in [-0.25, -0.2) is 0 Å². The first kappa shape index (κ1) is 13.9. The molecule has 0 aliphatic rings. The van der Waals surface area contributed by atoms with E-state index in [0.29, 0.717) is 6.54 Å². The molecule has 0 bridgehead atoms. The summed E-state index contributed by atoms with van der Waals surface area (Å²) in [6.45, 7) is 4.93. The molecule has 1 rings (SSSR count). The molecular formula is C12H15N3O3. The molecule has 0 heterocycles. The quantitative estimate of drug-likeness (QED) is 0.615. The van der Waals surface area contributed by atoms with Crippen LogP contribution in [0.3, 0.4) is 0 Å². The lowest BCUT2D eigenvalue weighted by molar-refractivity contribution is -0.386. The van der Waals surface area contributed by atoms with Crippen LogP contribution in [0.25, 0.3) is 0 Å². The van der Waals surface area contributed by atoms with Crippen molar-refractivity contribution >= 4 is 5.69 Å². The van der Waals surface area contributed by atoms with Gasteiger partial charge in [-0.3, -0.25) is 10.1 Å². The minimum absolute atomic E-state index is 0.127. The molecule has 96 valence electrons. The first-order valence-electron chi connectivity index (χ1n) is 5.62. The third-order valence-electron chi connectivity index (χ3n) is 2.29. The van der Waals surface area contributed by atoms with E-state index in [2.05, 4.69) is 5.32 Å². The zero-order chi connectivity index (χ0) is 13.5. The summed E-state index contributed by atoms with van der Waals surface area (Å²) in [5.74, 6) is 0.129. The van der Waals surface area contributed by atoms with Crippen LogP contribution in [0.1, 0.15) is 19.4 Å². The Balaban J connectivity index is 3.00. The highest BCUT2D eigenvalue weighted by atomic mass is 16.6. The normalized spacial score (nSPS) is 11.6. The molecule has 1 aromatic carbocycles. The van der Waals surface area contributed by atoms with E-state index in [9.17, 15) is 10.1 Å². The number of nitro benzene ring substituents is 1. The molecule has 0 radical (unpaired) electrons. The molecule has 0 aromatic heterocycles. The Bertz CT molecular complexity index is 468. The maximum Gasteiger partial charge on any atom is 0.310 e. The second kappa shape index (κ2) is 6.57. The number of nitrogens with one attached hydrogen (secondary N) is 1. The van der Waals surface area contributed by atoms with E-state index >= 15 is 0 Å². The van der Waals surface area contributed by atoms with Crippen LogP contribution in [-0.4, -0.2) is 17.6 Å². The molecule has 0 spiro atoms. The molecule has 1 aromatic rings. The van der Waals surface area contributed by atoms with E-state index in [4.69, 9.17) is 10.00 Å². The lowest BCUT2D eigenvalue weighted by Crippen LogP contribution is -2.13. The van der Waals surface area contributed by atoms with Crippen molar-refractivity contribution < 1.29 is 9.66 Å². The van der Waals surface area contributed by atoms with Crippen molar-refractivity contribution in [2.75, 3.05) is 6.54 Å². The van der Waals surface area contributed by atoms with E-state index in [1.54, 1.807) is 19.1 Å². The van der Waals surface area contributed by atoms with Crippen LogP contribution in [-0.2, 0) is 6.54 Å². The monoisotopic (exact) mass is 249 g/mol. The predicted molar refractivity (Wildman–Crippen MR) is 66.2 cm³/mol. The van der Waals surface area contributed by atoms with Crippen LogP contribution in [0.5, 0.6) is 5.75 Å². The smallest absolute Gasteiger partial charge is 0.310 e. The number of ether oxygens (including phenoxy) is 1. The van der Waals surface area contributed by atoms with Crippen molar-refractivity contribution in [3.8, 4) is 11.8 Å². The summed E-state index contributed by atoms with van der Waals surface area (Å²) in [6.07, 6.45) is -0.724. The van der Waals surface area contributed by atoms with Gasteiger partial charge in [-0.15, -0.1) is 0 Å². The lowest BCUT2D eigenvalue weighted by Gasteiger charge is -2.10. The fourth-order valence-corrected chi connectivity index (χ4v) is 1.40. The van der Waals surface area contributed by atoms with Gasteiger partial charge in [0.05, 0.1) is 4.92 Å². The van der Waals surface area contributed by atoms with Crippen LogP contribution >= 0.6 is 0 Å². The zero-order valence-corrected chi connectivity index (χ0v) is 10.3. The average Bonchev–Trinajstić information content (AvgIpc) is 2.36. The van der Waals surface area contributed by atoms with Crippen LogP contribution in [0, 0.1) is 21.4 Å². The number of rotatable bonds is 6. The molecule has 18 heavy (non-hydrogen) atoms. The fourth-order valence-electron chi connectivity index (χ4n) is 1.40. The summed E-state index contributed by atoms with van der Waals surface area (Å²) in [6, 6.07) is 6.54. The predicted octanol–water partition coefficient (Wildman–Crippen LogP) is 2.00. The van der Waals surface area contributed by atoms with Gasteiger partial charge >= 0.3 is 5.69 Å². The topological polar surface area (TPSA) is 88.2 Å². The molecular weight excluding hydrogens is 234 g/mol. The van der Waals surface area contributed by atoms with Gasteiger partial charge in [0.1, 0.15) is 6.07 Å². The number of nitrogens with zero attached hydrogens (tertiary/aromatic N) is 2. The molecule has 0 aliphatic heterocycles. The fraction of sp³-hybridized carbons (Fsp3) is 0.417. The van der Waals surface area contributed by atoms with Gasteiger partial charge < -0.3 is 10.1 Å². The molecule has 0 aliphatic carbocycles. The van der Waals surface area contributed by atoms with E-state index in [1.165, 1.54) is 6.07 Å².